The molecule has 0 aliphatic rings. The first-order valence-electron chi connectivity index (χ1n) is 3.88. The highest BCUT2D eigenvalue weighted by molar-refractivity contribution is 6.19. The maximum Gasteiger partial charge on any atom is 0.0434 e. The molecule has 0 unspecified atom stereocenters. The first kappa shape index (κ1) is 9.27. The Morgan fingerprint density at radius 1 is 1.58 bits per heavy atom. The topological polar surface area (TPSA) is 12.9 Å². The molecule has 0 amide bonds. The number of allylic oxidation sites excluding steroid dienone is 1. The van der Waals surface area contributed by atoms with Gasteiger partial charge in [-0.1, -0.05) is 17.7 Å². The molecule has 0 spiro atoms. The summed E-state index contributed by atoms with van der Waals surface area (Å²) in [5.41, 5.74) is 3.30. The Morgan fingerprint density at radius 2 is 2.33 bits per heavy atom. The largest absolute Gasteiger partial charge is 0.261 e. The zero-order chi connectivity index (χ0) is 8.97. The third-order valence-corrected chi connectivity index (χ3v) is 1.98. The Balaban J connectivity index is 2.84. The Hall–Kier alpha value is -0.820. The second-order valence-electron chi connectivity index (χ2n) is 2.86. The fourth-order valence-corrected chi connectivity index (χ4v) is 0.965. The molecule has 0 radical (unpaired) electrons. The van der Waals surface area contributed by atoms with Crippen LogP contribution >= 0.6 is 11.6 Å². The lowest BCUT2D eigenvalue weighted by molar-refractivity contribution is 1.19. The Kier molecular flexibility index (Phi) is 3.30. The van der Waals surface area contributed by atoms with E-state index in [-0.39, 0.29) is 0 Å². The highest BCUT2D eigenvalue weighted by Crippen LogP contribution is 2.06. The lowest BCUT2D eigenvalue weighted by Gasteiger charge is -1.96. The number of alkyl halides is 1. The van der Waals surface area contributed by atoms with Crippen LogP contribution in [0.25, 0.3) is 6.08 Å². The first-order valence-corrected chi connectivity index (χ1v) is 4.41. The molecule has 1 aromatic heterocycles. The molecule has 0 aliphatic carbocycles. The highest BCUT2D eigenvalue weighted by atomic mass is 35.5. The van der Waals surface area contributed by atoms with Crippen LogP contribution in [0.5, 0.6) is 0 Å². The standard InChI is InChI=1S/C10H12ClN/c1-8(6-11)5-10-4-3-9(2)12-7-10/h3-5,7H,6H2,1-2H3/b8-5-. The molecule has 1 rings (SSSR count). The maximum absolute atomic E-state index is 5.64. The van der Waals surface area contributed by atoms with Crippen molar-refractivity contribution in [2.75, 3.05) is 5.88 Å². The molecule has 0 bridgehead atoms. The van der Waals surface area contributed by atoms with Gasteiger partial charge in [-0.05, 0) is 25.5 Å². The summed E-state index contributed by atoms with van der Waals surface area (Å²) in [4.78, 5) is 4.18. The molecular weight excluding hydrogens is 170 g/mol. The maximum atomic E-state index is 5.64. The number of aromatic nitrogens is 1. The van der Waals surface area contributed by atoms with Crippen LogP contribution in [0, 0.1) is 6.92 Å². The number of pyridine rings is 1. The predicted molar refractivity (Wildman–Crippen MR) is 53.3 cm³/mol. The average molecular weight is 182 g/mol. The van der Waals surface area contributed by atoms with Crippen molar-refractivity contribution in [3.63, 3.8) is 0 Å². The molecule has 1 heterocycles. The summed E-state index contributed by atoms with van der Waals surface area (Å²) in [6, 6.07) is 4.03. The van der Waals surface area contributed by atoms with E-state index < -0.39 is 0 Å². The molecule has 12 heavy (non-hydrogen) atoms. The fourth-order valence-electron chi connectivity index (χ4n) is 0.888. The van der Waals surface area contributed by atoms with Gasteiger partial charge in [-0.2, -0.15) is 0 Å². The molecule has 0 aromatic carbocycles. The number of halogens is 1. The number of rotatable bonds is 2. The minimum Gasteiger partial charge on any atom is -0.261 e. The van der Waals surface area contributed by atoms with Crippen molar-refractivity contribution in [2.24, 2.45) is 0 Å². The van der Waals surface area contributed by atoms with Gasteiger partial charge in [0.05, 0.1) is 0 Å². The van der Waals surface area contributed by atoms with Gasteiger partial charge in [0.2, 0.25) is 0 Å². The average Bonchev–Trinajstić information content (AvgIpc) is 2.09. The molecule has 0 fully saturated rings. The Labute approximate surface area is 78.1 Å². The van der Waals surface area contributed by atoms with Gasteiger partial charge in [0.25, 0.3) is 0 Å². The van der Waals surface area contributed by atoms with Gasteiger partial charge in [-0.25, -0.2) is 0 Å². The number of nitrogens with zero attached hydrogens (tertiary/aromatic N) is 1. The van der Waals surface area contributed by atoms with Crippen LogP contribution < -0.4 is 0 Å². The molecule has 1 nitrogen and oxygen atoms in total. The summed E-state index contributed by atoms with van der Waals surface area (Å²) in [5, 5.41) is 0. The van der Waals surface area contributed by atoms with E-state index in [1.165, 1.54) is 0 Å². The zero-order valence-electron chi connectivity index (χ0n) is 7.34. The summed E-state index contributed by atoms with van der Waals surface area (Å²) in [6.07, 6.45) is 3.89. The molecule has 0 saturated heterocycles. The van der Waals surface area contributed by atoms with Crippen molar-refractivity contribution in [1.82, 2.24) is 4.98 Å². The number of aryl methyl sites for hydroxylation is 1. The summed E-state index contributed by atoms with van der Waals surface area (Å²) in [6.45, 7) is 3.98. The van der Waals surface area contributed by atoms with Crippen molar-refractivity contribution >= 4 is 17.7 Å². The van der Waals surface area contributed by atoms with Crippen LogP contribution in [0.2, 0.25) is 0 Å². The SMILES string of the molecule is C/C(=C/c1ccc(C)nc1)CCl. The summed E-state index contributed by atoms with van der Waals surface area (Å²) >= 11 is 5.64. The van der Waals surface area contributed by atoms with Gasteiger partial charge in [0.15, 0.2) is 0 Å². The summed E-state index contributed by atoms with van der Waals surface area (Å²) in [5.74, 6) is 0.577. The van der Waals surface area contributed by atoms with Crippen molar-refractivity contribution in [1.29, 1.82) is 0 Å². The normalized spacial score (nSPS) is 11.8. The van der Waals surface area contributed by atoms with Gasteiger partial charge < -0.3 is 0 Å². The molecule has 0 N–H and O–H groups in total. The number of hydrogen-bond acceptors (Lipinski definition) is 1. The fraction of sp³-hybridized carbons (Fsp3) is 0.300. The molecule has 0 atom stereocenters. The molecule has 0 aliphatic heterocycles. The van der Waals surface area contributed by atoms with Gasteiger partial charge in [0, 0.05) is 17.8 Å². The molecule has 1 aromatic rings. The third-order valence-electron chi connectivity index (χ3n) is 1.56. The molecule has 64 valence electrons. The summed E-state index contributed by atoms with van der Waals surface area (Å²) < 4.78 is 0. The van der Waals surface area contributed by atoms with E-state index in [9.17, 15) is 0 Å². The van der Waals surface area contributed by atoms with Crippen LogP contribution in [0.4, 0.5) is 0 Å². The molecule has 2 heteroatoms. The molecule has 0 saturated carbocycles. The zero-order valence-corrected chi connectivity index (χ0v) is 8.10. The van der Waals surface area contributed by atoms with E-state index in [0.717, 1.165) is 16.8 Å². The quantitative estimate of drug-likeness (QED) is 0.640. The summed E-state index contributed by atoms with van der Waals surface area (Å²) in [7, 11) is 0. The van der Waals surface area contributed by atoms with Crippen LogP contribution in [0.1, 0.15) is 18.2 Å². The minimum absolute atomic E-state index is 0.577. The lowest BCUT2D eigenvalue weighted by atomic mass is 10.2. The monoisotopic (exact) mass is 181 g/mol. The van der Waals surface area contributed by atoms with Gasteiger partial charge in [-0.15, -0.1) is 11.6 Å². The van der Waals surface area contributed by atoms with Gasteiger partial charge in [0.1, 0.15) is 0 Å². The van der Waals surface area contributed by atoms with Crippen molar-refractivity contribution in [3.8, 4) is 0 Å². The van der Waals surface area contributed by atoms with E-state index in [1.807, 2.05) is 38.3 Å². The lowest BCUT2D eigenvalue weighted by Crippen LogP contribution is -1.82. The van der Waals surface area contributed by atoms with E-state index in [1.54, 1.807) is 0 Å². The first-order chi connectivity index (χ1) is 5.72. The van der Waals surface area contributed by atoms with Crippen molar-refractivity contribution in [3.05, 3.63) is 35.2 Å². The Bertz CT molecular complexity index is 274. The van der Waals surface area contributed by atoms with E-state index in [0.29, 0.717) is 5.88 Å². The van der Waals surface area contributed by atoms with E-state index >= 15 is 0 Å². The van der Waals surface area contributed by atoms with Crippen LogP contribution in [0.3, 0.4) is 0 Å². The van der Waals surface area contributed by atoms with E-state index in [4.69, 9.17) is 11.6 Å². The minimum atomic E-state index is 0.577. The second-order valence-corrected chi connectivity index (χ2v) is 3.12. The van der Waals surface area contributed by atoms with Gasteiger partial charge >= 0.3 is 0 Å². The second kappa shape index (κ2) is 4.27. The predicted octanol–water partition coefficient (Wildman–Crippen LogP) is 3.03. The van der Waals surface area contributed by atoms with Crippen LogP contribution in [-0.4, -0.2) is 10.9 Å². The Morgan fingerprint density at radius 3 is 2.83 bits per heavy atom. The van der Waals surface area contributed by atoms with Crippen LogP contribution in [0.15, 0.2) is 23.9 Å². The smallest absolute Gasteiger partial charge is 0.0434 e. The third kappa shape index (κ3) is 2.67. The van der Waals surface area contributed by atoms with Crippen LogP contribution in [-0.2, 0) is 0 Å². The van der Waals surface area contributed by atoms with Crippen molar-refractivity contribution in [2.45, 2.75) is 13.8 Å². The number of hydrogen-bond donors (Lipinski definition) is 0. The van der Waals surface area contributed by atoms with Crippen molar-refractivity contribution < 1.29 is 0 Å². The molecular formula is C10H12ClN. The van der Waals surface area contributed by atoms with Gasteiger partial charge in [-0.3, -0.25) is 4.98 Å². The van der Waals surface area contributed by atoms with E-state index in [2.05, 4.69) is 4.98 Å². The highest BCUT2D eigenvalue weighted by Gasteiger charge is 1.90.